The fraction of sp³-hybridized carbons (Fsp3) is 0.412. The molecule has 23 heavy (non-hydrogen) atoms. The van der Waals surface area contributed by atoms with E-state index in [9.17, 15) is 18.4 Å². The summed E-state index contributed by atoms with van der Waals surface area (Å²) in [4.78, 5) is 26.9. The lowest BCUT2D eigenvalue weighted by molar-refractivity contribution is -0.130. The molecule has 2 rings (SSSR count). The zero-order valence-electron chi connectivity index (χ0n) is 13.3. The summed E-state index contributed by atoms with van der Waals surface area (Å²) in [6.07, 6.45) is 2.75. The summed E-state index contributed by atoms with van der Waals surface area (Å²) in [6, 6.07) is 3.26. The number of allylic oxidation sites excluding steroid dienone is 1. The molecule has 2 amide bonds. The number of carbonyl (C=O) groups is 2. The lowest BCUT2D eigenvalue weighted by atomic mass is 10.1. The minimum absolute atomic E-state index is 0.117. The van der Waals surface area contributed by atoms with Crippen LogP contribution in [0.25, 0.3) is 5.57 Å². The van der Waals surface area contributed by atoms with Crippen LogP contribution >= 0.6 is 0 Å². The smallest absolute Gasteiger partial charge is 0.246 e. The summed E-state index contributed by atoms with van der Waals surface area (Å²) >= 11 is 0. The predicted octanol–water partition coefficient (Wildman–Crippen LogP) is 2.45. The second-order valence-electron chi connectivity index (χ2n) is 5.70. The molecule has 0 aliphatic carbocycles. The molecule has 0 unspecified atom stereocenters. The fourth-order valence-electron chi connectivity index (χ4n) is 2.50. The van der Waals surface area contributed by atoms with E-state index in [2.05, 4.69) is 0 Å². The molecule has 1 saturated heterocycles. The van der Waals surface area contributed by atoms with Gasteiger partial charge in [-0.05, 0) is 31.1 Å². The van der Waals surface area contributed by atoms with Crippen LogP contribution in [0.15, 0.2) is 24.3 Å². The van der Waals surface area contributed by atoms with Crippen molar-refractivity contribution in [3.05, 3.63) is 41.5 Å². The summed E-state index contributed by atoms with van der Waals surface area (Å²) in [6.45, 7) is 3.25. The minimum Gasteiger partial charge on any atom is -0.341 e. The van der Waals surface area contributed by atoms with Gasteiger partial charge >= 0.3 is 0 Å². The summed E-state index contributed by atoms with van der Waals surface area (Å²) in [5, 5.41) is 0. The van der Waals surface area contributed by atoms with Crippen LogP contribution in [0.3, 0.4) is 0 Å². The average molecular weight is 322 g/mol. The molecular weight excluding hydrogens is 302 g/mol. The van der Waals surface area contributed by atoms with Crippen molar-refractivity contribution in [2.45, 2.75) is 19.8 Å². The fourth-order valence-corrected chi connectivity index (χ4v) is 2.50. The number of amides is 2. The van der Waals surface area contributed by atoms with Crippen molar-refractivity contribution < 1.29 is 18.4 Å². The normalized spacial score (nSPS) is 15.2. The molecule has 0 aromatic heterocycles. The summed E-state index contributed by atoms with van der Waals surface area (Å²) in [5.41, 5.74) is 0.625. The summed E-state index contributed by atoms with van der Waals surface area (Å²) in [7, 11) is 1.63. The second kappa shape index (κ2) is 7.35. The standard InChI is InChI=1S/C17H20F2N2O2/c1-12(14-6-5-13(18)11-15(14)19)10-17(23)20(2)8-9-21-7-3-4-16(21)22/h5-6,10-11H,3-4,7-9H2,1-2H3/b12-10-. The zero-order valence-corrected chi connectivity index (χ0v) is 13.3. The number of hydrogen-bond donors (Lipinski definition) is 0. The minimum atomic E-state index is -0.697. The highest BCUT2D eigenvalue weighted by atomic mass is 19.1. The van der Waals surface area contributed by atoms with Crippen LogP contribution in [0.1, 0.15) is 25.3 Å². The van der Waals surface area contributed by atoms with Gasteiger partial charge in [0.1, 0.15) is 11.6 Å². The first-order valence-electron chi connectivity index (χ1n) is 7.55. The lowest BCUT2D eigenvalue weighted by Crippen LogP contribution is -2.36. The molecule has 0 atom stereocenters. The lowest BCUT2D eigenvalue weighted by Gasteiger charge is -2.21. The molecule has 0 N–H and O–H groups in total. The van der Waals surface area contributed by atoms with E-state index in [0.717, 1.165) is 25.1 Å². The van der Waals surface area contributed by atoms with Crippen molar-refractivity contribution in [2.75, 3.05) is 26.7 Å². The molecule has 1 aliphatic rings. The third-order valence-electron chi connectivity index (χ3n) is 3.95. The monoisotopic (exact) mass is 322 g/mol. The van der Waals surface area contributed by atoms with Gasteiger partial charge in [-0.3, -0.25) is 9.59 Å². The predicted molar refractivity (Wildman–Crippen MR) is 83.5 cm³/mol. The van der Waals surface area contributed by atoms with Crippen LogP contribution < -0.4 is 0 Å². The Kier molecular flexibility index (Phi) is 5.47. The molecule has 0 saturated carbocycles. The van der Waals surface area contributed by atoms with Gasteiger partial charge in [-0.1, -0.05) is 0 Å². The number of rotatable bonds is 5. The first kappa shape index (κ1) is 17.1. The van der Waals surface area contributed by atoms with Gasteiger partial charge in [0.15, 0.2) is 0 Å². The van der Waals surface area contributed by atoms with E-state index in [1.165, 1.54) is 17.0 Å². The van der Waals surface area contributed by atoms with Crippen molar-refractivity contribution in [3.8, 4) is 0 Å². The Morgan fingerprint density at radius 2 is 2.13 bits per heavy atom. The maximum absolute atomic E-state index is 13.7. The number of benzene rings is 1. The third-order valence-corrected chi connectivity index (χ3v) is 3.95. The highest BCUT2D eigenvalue weighted by Crippen LogP contribution is 2.19. The van der Waals surface area contributed by atoms with Crippen molar-refractivity contribution in [2.24, 2.45) is 0 Å². The highest BCUT2D eigenvalue weighted by Gasteiger charge is 2.20. The second-order valence-corrected chi connectivity index (χ2v) is 5.70. The number of halogens is 2. The van der Waals surface area contributed by atoms with Gasteiger partial charge in [-0.15, -0.1) is 0 Å². The molecular formula is C17H20F2N2O2. The van der Waals surface area contributed by atoms with E-state index in [1.54, 1.807) is 18.9 Å². The zero-order chi connectivity index (χ0) is 17.0. The molecule has 0 bridgehead atoms. The molecule has 6 heteroatoms. The molecule has 124 valence electrons. The van der Waals surface area contributed by atoms with Gasteiger partial charge in [0.2, 0.25) is 11.8 Å². The van der Waals surface area contributed by atoms with Crippen molar-refractivity contribution in [3.63, 3.8) is 0 Å². The number of carbonyl (C=O) groups excluding carboxylic acids is 2. The van der Waals surface area contributed by atoms with Crippen LogP contribution in [-0.2, 0) is 9.59 Å². The first-order chi connectivity index (χ1) is 10.9. The number of nitrogens with zero attached hydrogens (tertiary/aromatic N) is 2. The van der Waals surface area contributed by atoms with Gasteiger partial charge < -0.3 is 9.80 Å². The van der Waals surface area contributed by atoms with Gasteiger partial charge in [0, 0.05) is 50.8 Å². The average Bonchev–Trinajstić information content (AvgIpc) is 2.89. The molecule has 4 nitrogen and oxygen atoms in total. The van der Waals surface area contributed by atoms with Gasteiger partial charge in [0.05, 0.1) is 0 Å². The molecule has 1 heterocycles. The molecule has 0 spiro atoms. The van der Waals surface area contributed by atoms with Crippen LogP contribution in [0.5, 0.6) is 0 Å². The Labute approximate surface area is 134 Å². The SMILES string of the molecule is C/C(=C/C(=O)N(C)CCN1CCCC1=O)c1ccc(F)cc1F. The van der Waals surface area contributed by atoms with Crippen LogP contribution in [-0.4, -0.2) is 48.3 Å². The van der Waals surface area contributed by atoms with Gasteiger partial charge in [-0.25, -0.2) is 8.78 Å². The van der Waals surface area contributed by atoms with Crippen LogP contribution in [0.4, 0.5) is 8.78 Å². The molecule has 1 aromatic rings. The van der Waals surface area contributed by atoms with Gasteiger partial charge in [0.25, 0.3) is 0 Å². The first-order valence-corrected chi connectivity index (χ1v) is 7.55. The number of likely N-dealkylation sites (tertiary alicyclic amines) is 1. The number of hydrogen-bond acceptors (Lipinski definition) is 2. The maximum atomic E-state index is 13.7. The van der Waals surface area contributed by atoms with E-state index in [0.29, 0.717) is 25.1 Å². The maximum Gasteiger partial charge on any atom is 0.246 e. The van der Waals surface area contributed by atoms with Crippen LogP contribution in [0, 0.1) is 11.6 Å². The van der Waals surface area contributed by atoms with Crippen molar-refractivity contribution >= 4 is 17.4 Å². The molecule has 1 aromatic carbocycles. The molecule has 0 radical (unpaired) electrons. The Balaban J connectivity index is 1.97. The van der Waals surface area contributed by atoms with Gasteiger partial charge in [-0.2, -0.15) is 0 Å². The van der Waals surface area contributed by atoms with E-state index >= 15 is 0 Å². The van der Waals surface area contributed by atoms with E-state index in [4.69, 9.17) is 0 Å². The summed E-state index contributed by atoms with van der Waals surface area (Å²) < 4.78 is 26.6. The Morgan fingerprint density at radius 3 is 2.74 bits per heavy atom. The van der Waals surface area contributed by atoms with Crippen molar-refractivity contribution in [1.82, 2.24) is 9.80 Å². The van der Waals surface area contributed by atoms with E-state index in [1.807, 2.05) is 0 Å². The largest absolute Gasteiger partial charge is 0.341 e. The summed E-state index contributed by atoms with van der Waals surface area (Å²) in [5.74, 6) is -1.52. The third kappa shape index (κ3) is 4.37. The Hall–Kier alpha value is -2.24. The number of likely N-dealkylation sites (N-methyl/N-ethyl adjacent to an activating group) is 1. The molecule has 1 aliphatic heterocycles. The van der Waals surface area contributed by atoms with Crippen molar-refractivity contribution in [1.29, 1.82) is 0 Å². The Morgan fingerprint density at radius 1 is 1.39 bits per heavy atom. The highest BCUT2D eigenvalue weighted by molar-refractivity contribution is 5.94. The topological polar surface area (TPSA) is 40.6 Å². The van der Waals surface area contributed by atoms with E-state index < -0.39 is 11.6 Å². The van der Waals surface area contributed by atoms with E-state index in [-0.39, 0.29) is 17.4 Å². The Bertz CT molecular complexity index is 643. The quantitative estimate of drug-likeness (QED) is 0.781. The molecule has 1 fully saturated rings. The van der Waals surface area contributed by atoms with Crippen LogP contribution in [0.2, 0.25) is 0 Å².